The standard InChI is InChI=1S/C28H33N5O6S/c1-20-26(31-28(35)39-18-22-10-6-4-7-11-22)21(2)30-27(29-20)38-19-25(34)32(3)23-14-16-33(17-15-23)40(36,37)24-12-8-5-9-13-24/h4-13,23H,14-19H2,1-3H3,(H,31,35). The monoisotopic (exact) mass is 567 g/mol. The van der Waals surface area contributed by atoms with E-state index in [0.29, 0.717) is 43.0 Å². The average Bonchev–Trinajstić information content (AvgIpc) is 2.97. The molecule has 1 aliphatic heterocycles. The number of nitrogens with one attached hydrogen (secondary N) is 1. The molecule has 1 aromatic heterocycles. The van der Waals surface area contributed by atoms with Crippen LogP contribution in [0.25, 0.3) is 0 Å². The molecule has 1 N–H and O–H groups in total. The predicted molar refractivity (Wildman–Crippen MR) is 148 cm³/mol. The zero-order chi connectivity index (χ0) is 28.7. The van der Waals surface area contributed by atoms with Gasteiger partial charge in [0.2, 0.25) is 10.0 Å². The molecular formula is C28H33N5O6S. The van der Waals surface area contributed by atoms with Gasteiger partial charge in [-0.15, -0.1) is 0 Å². The molecule has 0 aliphatic carbocycles. The maximum Gasteiger partial charge on any atom is 0.412 e. The number of aromatic nitrogens is 2. The number of amides is 2. The van der Waals surface area contributed by atoms with Crippen molar-refractivity contribution in [3.63, 3.8) is 0 Å². The highest BCUT2D eigenvalue weighted by Crippen LogP contribution is 2.23. The van der Waals surface area contributed by atoms with Crippen molar-refractivity contribution in [3.8, 4) is 6.01 Å². The fourth-order valence-electron chi connectivity index (χ4n) is 4.44. The van der Waals surface area contributed by atoms with Crippen molar-refractivity contribution in [2.45, 2.75) is 44.2 Å². The second-order valence-electron chi connectivity index (χ2n) is 9.48. The molecular weight excluding hydrogens is 534 g/mol. The van der Waals surface area contributed by atoms with Crippen LogP contribution in [-0.2, 0) is 26.2 Å². The molecule has 1 fully saturated rings. The van der Waals surface area contributed by atoms with Gasteiger partial charge < -0.3 is 14.4 Å². The first-order chi connectivity index (χ1) is 19.1. The Labute approximate surface area is 234 Å². The van der Waals surface area contributed by atoms with Crippen LogP contribution in [0.4, 0.5) is 10.5 Å². The number of hydrogen-bond donors (Lipinski definition) is 1. The van der Waals surface area contributed by atoms with Crippen molar-refractivity contribution in [1.29, 1.82) is 0 Å². The van der Waals surface area contributed by atoms with Crippen LogP contribution in [0, 0.1) is 13.8 Å². The Morgan fingerprint density at radius 1 is 0.975 bits per heavy atom. The van der Waals surface area contributed by atoms with Gasteiger partial charge in [-0.3, -0.25) is 10.1 Å². The van der Waals surface area contributed by atoms with Crippen LogP contribution >= 0.6 is 0 Å². The number of carbonyl (C=O) groups is 2. The van der Waals surface area contributed by atoms with Crippen molar-refractivity contribution in [3.05, 3.63) is 77.6 Å². The molecule has 0 bridgehead atoms. The van der Waals surface area contributed by atoms with Crippen molar-refractivity contribution >= 4 is 27.7 Å². The van der Waals surface area contributed by atoms with Crippen LogP contribution in [0.1, 0.15) is 29.8 Å². The van der Waals surface area contributed by atoms with Gasteiger partial charge in [0.15, 0.2) is 6.61 Å². The number of ether oxygens (including phenoxy) is 2. The van der Waals surface area contributed by atoms with Gasteiger partial charge in [-0.1, -0.05) is 48.5 Å². The van der Waals surface area contributed by atoms with Crippen LogP contribution < -0.4 is 10.1 Å². The van der Waals surface area contributed by atoms with Crippen LogP contribution in [0.5, 0.6) is 6.01 Å². The van der Waals surface area contributed by atoms with Crippen LogP contribution in [0.15, 0.2) is 65.6 Å². The minimum absolute atomic E-state index is 0.0173. The van der Waals surface area contributed by atoms with E-state index in [2.05, 4.69) is 15.3 Å². The summed E-state index contributed by atoms with van der Waals surface area (Å²) in [5.41, 5.74) is 2.20. The first-order valence-corrected chi connectivity index (χ1v) is 14.4. The lowest BCUT2D eigenvalue weighted by molar-refractivity contribution is -0.135. The van der Waals surface area contributed by atoms with Crippen LogP contribution in [-0.4, -0.2) is 72.4 Å². The molecule has 0 saturated carbocycles. The van der Waals surface area contributed by atoms with Crippen molar-refractivity contribution < 1.29 is 27.5 Å². The summed E-state index contributed by atoms with van der Waals surface area (Å²) in [5, 5.41) is 2.66. The molecule has 0 radical (unpaired) electrons. The first kappa shape index (κ1) is 29.0. The zero-order valence-electron chi connectivity index (χ0n) is 22.7. The summed E-state index contributed by atoms with van der Waals surface area (Å²) in [6.07, 6.45) is 0.403. The number of aryl methyl sites for hydroxylation is 2. The van der Waals surface area contributed by atoms with Crippen molar-refractivity contribution in [2.24, 2.45) is 0 Å². The van der Waals surface area contributed by atoms with Gasteiger partial charge in [0.1, 0.15) is 6.61 Å². The van der Waals surface area contributed by atoms with Gasteiger partial charge >= 0.3 is 12.1 Å². The largest absolute Gasteiger partial charge is 0.453 e. The van der Waals surface area contributed by atoms with E-state index in [1.807, 2.05) is 30.3 Å². The third-order valence-corrected chi connectivity index (χ3v) is 8.67. The smallest absolute Gasteiger partial charge is 0.412 e. The molecule has 40 heavy (non-hydrogen) atoms. The van der Waals surface area contributed by atoms with Gasteiger partial charge in [0.25, 0.3) is 5.91 Å². The van der Waals surface area contributed by atoms with Gasteiger partial charge in [-0.25, -0.2) is 13.2 Å². The molecule has 11 nitrogen and oxygen atoms in total. The second kappa shape index (κ2) is 12.9. The normalized spacial score (nSPS) is 14.4. The number of likely N-dealkylation sites (N-methyl/N-ethyl adjacent to an activating group) is 1. The van der Waals surface area contributed by atoms with E-state index in [-0.39, 0.29) is 36.1 Å². The maximum absolute atomic E-state index is 12.9. The Kier molecular flexibility index (Phi) is 9.33. The minimum Gasteiger partial charge on any atom is -0.453 e. The lowest BCUT2D eigenvalue weighted by Crippen LogP contribution is -2.48. The Balaban J connectivity index is 1.26. The number of carbonyl (C=O) groups excluding carboxylic acids is 2. The summed E-state index contributed by atoms with van der Waals surface area (Å²) in [4.78, 5) is 35.5. The molecule has 12 heteroatoms. The molecule has 3 aromatic rings. The number of hydrogen-bond acceptors (Lipinski definition) is 8. The number of sulfonamides is 1. The topological polar surface area (TPSA) is 131 Å². The third-order valence-electron chi connectivity index (χ3n) is 6.76. The molecule has 4 rings (SSSR count). The summed E-state index contributed by atoms with van der Waals surface area (Å²) in [6.45, 7) is 3.89. The van der Waals surface area contributed by atoms with E-state index in [4.69, 9.17) is 9.47 Å². The van der Waals surface area contributed by atoms with E-state index in [9.17, 15) is 18.0 Å². The SMILES string of the molecule is Cc1nc(OCC(=O)N(C)C2CCN(S(=O)(=O)c3ccccc3)CC2)nc(C)c1NC(=O)OCc1ccccc1. The molecule has 0 atom stereocenters. The number of anilines is 1. The second-order valence-corrected chi connectivity index (χ2v) is 11.4. The number of piperidine rings is 1. The quantitative estimate of drug-likeness (QED) is 0.416. The molecule has 2 amide bonds. The molecule has 1 aliphatic rings. The Morgan fingerprint density at radius 2 is 1.55 bits per heavy atom. The Hall–Kier alpha value is -4.03. The van der Waals surface area contributed by atoms with E-state index in [0.717, 1.165) is 5.56 Å². The zero-order valence-corrected chi connectivity index (χ0v) is 23.6. The number of benzene rings is 2. The molecule has 0 unspecified atom stereocenters. The number of nitrogens with zero attached hydrogens (tertiary/aromatic N) is 4. The van der Waals surface area contributed by atoms with E-state index in [1.165, 1.54) is 4.31 Å². The van der Waals surface area contributed by atoms with E-state index >= 15 is 0 Å². The van der Waals surface area contributed by atoms with Crippen molar-refractivity contribution in [1.82, 2.24) is 19.2 Å². The highest BCUT2D eigenvalue weighted by atomic mass is 32.2. The molecule has 2 heterocycles. The highest BCUT2D eigenvalue weighted by molar-refractivity contribution is 7.89. The summed E-state index contributed by atoms with van der Waals surface area (Å²) < 4.78 is 38.0. The van der Waals surface area contributed by atoms with Crippen molar-refractivity contribution in [2.75, 3.05) is 32.1 Å². The Bertz CT molecular complexity index is 1410. The van der Waals surface area contributed by atoms with Gasteiger partial charge in [-0.05, 0) is 44.4 Å². The van der Waals surface area contributed by atoms with E-state index in [1.54, 1.807) is 56.1 Å². The average molecular weight is 568 g/mol. The molecule has 212 valence electrons. The predicted octanol–water partition coefficient (Wildman–Crippen LogP) is 3.53. The summed E-state index contributed by atoms with van der Waals surface area (Å²) in [5.74, 6) is -0.269. The van der Waals surface area contributed by atoms with E-state index < -0.39 is 16.1 Å². The highest BCUT2D eigenvalue weighted by Gasteiger charge is 2.32. The third kappa shape index (κ3) is 7.13. The van der Waals surface area contributed by atoms with Gasteiger partial charge in [-0.2, -0.15) is 14.3 Å². The first-order valence-electron chi connectivity index (χ1n) is 12.9. The Morgan fingerprint density at radius 3 is 2.15 bits per heavy atom. The van der Waals surface area contributed by atoms with Gasteiger partial charge in [0, 0.05) is 26.2 Å². The molecule has 2 aromatic carbocycles. The lowest BCUT2D eigenvalue weighted by atomic mass is 10.1. The molecule has 1 saturated heterocycles. The molecule has 0 spiro atoms. The lowest BCUT2D eigenvalue weighted by Gasteiger charge is -2.36. The van der Waals surface area contributed by atoms with Crippen LogP contribution in [0.3, 0.4) is 0 Å². The number of rotatable bonds is 9. The minimum atomic E-state index is -3.56. The fourth-order valence-corrected chi connectivity index (χ4v) is 5.93. The fraction of sp³-hybridized carbons (Fsp3) is 0.357. The summed E-state index contributed by atoms with van der Waals surface area (Å²) in [6, 6.07) is 17.6. The van der Waals surface area contributed by atoms with Crippen LogP contribution in [0.2, 0.25) is 0 Å². The summed E-state index contributed by atoms with van der Waals surface area (Å²) >= 11 is 0. The maximum atomic E-state index is 12.9. The summed E-state index contributed by atoms with van der Waals surface area (Å²) in [7, 11) is -1.88. The van der Waals surface area contributed by atoms with Gasteiger partial charge in [0.05, 0.1) is 22.0 Å².